The molecule has 0 amide bonds. The molecule has 5 nitrogen and oxygen atoms in total. The fourth-order valence-electron chi connectivity index (χ4n) is 2.76. The summed E-state index contributed by atoms with van der Waals surface area (Å²) in [4.78, 5) is 15.3. The van der Waals surface area contributed by atoms with Crippen LogP contribution in [0.2, 0.25) is 0 Å². The van der Waals surface area contributed by atoms with E-state index in [-0.39, 0.29) is 0 Å². The zero-order chi connectivity index (χ0) is 15.6. The van der Waals surface area contributed by atoms with Gasteiger partial charge in [0, 0.05) is 25.1 Å². The van der Waals surface area contributed by atoms with Crippen LogP contribution in [0.5, 0.6) is 0 Å². The molecule has 0 fully saturated rings. The van der Waals surface area contributed by atoms with Gasteiger partial charge in [-0.05, 0) is 48.2 Å². The van der Waals surface area contributed by atoms with Gasteiger partial charge in [-0.15, -0.1) is 0 Å². The van der Waals surface area contributed by atoms with Gasteiger partial charge in [-0.2, -0.15) is 4.98 Å². The van der Waals surface area contributed by atoms with Crippen molar-refractivity contribution in [2.45, 2.75) is 12.8 Å². The molecular formula is C18H17N5. The van der Waals surface area contributed by atoms with E-state index in [1.165, 1.54) is 11.1 Å². The normalized spacial score (nSPS) is 13.3. The van der Waals surface area contributed by atoms with E-state index in [1.807, 2.05) is 19.3 Å². The molecule has 1 N–H and O–H groups in total. The fraction of sp³-hybridized carbons (Fsp3) is 0.167. The van der Waals surface area contributed by atoms with Gasteiger partial charge in [0.15, 0.2) is 0 Å². The van der Waals surface area contributed by atoms with Gasteiger partial charge in [0.25, 0.3) is 0 Å². The molecule has 0 aliphatic carbocycles. The highest BCUT2D eigenvalue weighted by molar-refractivity contribution is 5.62. The Bertz CT molecular complexity index is 846. The van der Waals surface area contributed by atoms with Crippen LogP contribution in [0.1, 0.15) is 11.1 Å². The van der Waals surface area contributed by atoms with Crippen LogP contribution < -0.4 is 10.2 Å². The molecule has 2 aromatic heterocycles. The van der Waals surface area contributed by atoms with Gasteiger partial charge in [0.05, 0.1) is 11.9 Å². The fourth-order valence-corrected chi connectivity index (χ4v) is 2.76. The molecule has 4 rings (SSSR count). The molecular weight excluding hydrogens is 286 g/mol. The molecule has 5 heteroatoms. The number of pyridine rings is 1. The number of hydrogen-bond donors (Lipinski definition) is 1. The summed E-state index contributed by atoms with van der Waals surface area (Å²) in [5.74, 6) is 1.42. The van der Waals surface area contributed by atoms with Crippen molar-refractivity contribution in [2.24, 2.45) is 0 Å². The molecule has 1 aromatic carbocycles. The van der Waals surface area contributed by atoms with Crippen molar-refractivity contribution < 1.29 is 0 Å². The lowest BCUT2D eigenvalue weighted by atomic mass is 10.0. The third-order valence-electron chi connectivity index (χ3n) is 4.04. The first kappa shape index (κ1) is 13.7. The molecule has 1 aliphatic rings. The summed E-state index contributed by atoms with van der Waals surface area (Å²) in [6.45, 7) is 0. The predicted octanol–water partition coefficient (Wildman–Crippen LogP) is 3.48. The van der Waals surface area contributed by atoms with Crippen LogP contribution >= 0.6 is 0 Å². The van der Waals surface area contributed by atoms with Gasteiger partial charge in [-0.1, -0.05) is 12.1 Å². The van der Waals surface area contributed by atoms with Gasteiger partial charge in [0.2, 0.25) is 5.95 Å². The lowest BCUT2D eigenvalue weighted by Crippen LogP contribution is -2.12. The van der Waals surface area contributed by atoms with Crippen molar-refractivity contribution in [1.29, 1.82) is 0 Å². The van der Waals surface area contributed by atoms with E-state index < -0.39 is 0 Å². The molecule has 0 radical (unpaired) electrons. The van der Waals surface area contributed by atoms with Crippen molar-refractivity contribution >= 4 is 23.1 Å². The van der Waals surface area contributed by atoms with Gasteiger partial charge >= 0.3 is 0 Å². The number of fused-ring (bicyclic) bond motifs is 6. The predicted molar refractivity (Wildman–Crippen MR) is 91.5 cm³/mol. The number of aryl methyl sites for hydroxylation is 2. The number of benzene rings is 1. The van der Waals surface area contributed by atoms with Crippen molar-refractivity contribution in [3.8, 4) is 0 Å². The van der Waals surface area contributed by atoms with Gasteiger partial charge in [0.1, 0.15) is 5.82 Å². The number of anilines is 4. The molecule has 0 spiro atoms. The highest BCUT2D eigenvalue weighted by Crippen LogP contribution is 2.25. The highest BCUT2D eigenvalue weighted by Gasteiger charge is 2.10. The lowest BCUT2D eigenvalue weighted by molar-refractivity contribution is 0.949. The Labute approximate surface area is 135 Å². The summed E-state index contributed by atoms with van der Waals surface area (Å²) >= 11 is 0. The maximum absolute atomic E-state index is 4.60. The van der Waals surface area contributed by atoms with Crippen LogP contribution in [-0.4, -0.2) is 22.0 Å². The van der Waals surface area contributed by atoms with E-state index in [0.29, 0.717) is 5.95 Å². The molecule has 114 valence electrons. The minimum absolute atomic E-state index is 0.573. The standard InChI is InChI=1S/C18H17N5/c1-23-16-4-2-3-13(10-16)5-6-14-9-15(12-19-11-14)21-18-20-8-7-17(23)22-18/h2-4,7-12H,5-6H2,1H3,(H,20,21,22). The second-order valence-electron chi connectivity index (χ2n) is 5.67. The van der Waals surface area contributed by atoms with E-state index >= 15 is 0 Å². The second-order valence-corrected chi connectivity index (χ2v) is 5.67. The van der Waals surface area contributed by atoms with Crippen molar-refractivity contribution in [3.63, 3.8) is 0 Å². The quantitative estimate of drug-likeness (QED) is 0.689. The van der Waals surface area contributed by atoms with Gasteiger partial charge in [-0.25, -0.2) is 4.98 Å². The molecule has 3 aromatic rings. The molecule has 0 unspecified atom stereocenters. The van der Waals surface area contributed by atoms with E-state index in [1.54, 1.807) is 12.4 Å². The lowest BCUT2D eigenvalue weighted by Gasteiger charge is -2.19. The maximum atomic E-state index is 4.60. The Hall–Kier alpha value is -2.95. The van der Waals surface area contributed by atoms with Crippen LogP contribution in [0.15, 0.2) is 55.0 Å². The van der Waals surface area contributed by atoms with Crippen LogP contribution in [-0.2, 0) is 12.8 Å². The average Bonchev–Trinajstić information content (AvgIpc) is 2.60. The number of hydrogen-bond acceptors (Lipinski definition) is 5. The third-order valence-corrected chi connectivity index (χ3v) is 4.04. The number of nitrogens with one attached hydrogen (secondary N) is 1. The number of nitrogens with zero attached hydrogens (tertiary/aromatic N) is 4. The smallest absolute Gasteiger partial charge is 0.229 e. The zero-order valence-corrected chi connectivity index (χ0v) is 12.9. The first-order valence-electron chi connectivity index (χ1n) is 7.65. The Morgan fingerprint density at radius 2 is 1.96 bits per heavy atom. The summed E-state index contributed by atoms with van der Waals surface area (Å²) in [7, 11) is 2.02. The van der Waals surface area contributed by atoms with Crippen LogP contribution in [0.4, 0.5) is 23.1 Å². The van der Waals surface area contributed by atoms with E-state index in [2.05, 4.69) is 55.5 Å². The Morgan fingerprint density at radius 1 is 1.04 bits per heavy atom. The van der Waals surface area contributed by atoms with E-state index in [4.69, 9.17) is 0 Å². The molecule has 23 heavy (non-hydrogen) atoms. The SMILES string of the molecule is CN1c2cccc(c2)CCc2cncc(c2)Nc2nccc1n2. The minimum Gasteiger partial charge on any atom is -0.329 e. The Kier molecular flexibility index (Phi) is 3.38. The zero-order valence-electron chi connectivity index (χ0n) is 12.9. The van der Waals surface area contributed by atoms with E-state index in [9.17, 15) is 0 Å². The van der Waals surface area contributed by atoms with Crippen LogP contribution in [0, 0.1) is 0 Å². The second kappa shape index (κ2) is 5.68. The largest absolute Gasteiger partial charge is 0.329 e. The number of aromatic nitrogens is 3. The maximum Gasteiger partial charge on any atom is 0.229 e. The topological polar surface area (TPSA) is 53.9 Å². The first-order chi connectivity index (χ1) is 11.3. The van der Waals surface area contributed by atoms with Crippen molar-refractivity contribution in [1.82, 2.24) is 15.0 Å². The monoisotopic (exact) mass is 303 g/mol. The Balaban J connectivity index is 1.84. The molecule has 0 atom stereocenters. The van der Waals surface area contributed by atoms with Crippen LogP contribution in [0.3, 0.4) is 0 Å². The highest BCUT2D eigenvalue weighted by atomic mass is 15.2. The minimum atomic E-state index is 0.573. The van der Waals surface area contributed by atoms with Crippen LogP contribution in [0.25, 0.3) is 0 Å². The third kappa shape index (κ3) is 2.85. The molecule has 3 heterocycles. The Morgan fingerprint density at radius 3 is 2.91 bits per heavy atom. The summed E-state index contributed by atoms with van der Waals surface area (Å²) in [6, 6.07) is 12.6. The summed E-state index contributed by atoms with van der Waals surface area (Å²) in [5.41, 5.74) is 4.54. The number of rotatable bonds is 0. The summed E-state index contributed by atoms with van der Waals surface area (Å²) in [5, 5.41) is 3.24. The van der Waals surface area contributed by atoms with Gasteiger partial charge < -0.3 is 10.2 Å². The average molecular weight is 303 g/mol. The molecule has 0 saturated heterocycles. The summed E-state index contributed by atoms with van der Waals surface area (Å²) in [6.07, 6.45) is 7.41. The van der Waals surface area contributed by atoms with Crippen molar-refractivity contribution in [3.05, 3.63) is 66.1 Å². The molecule has 0 saturated carbocycles. The van der Waals surface area contributed by atoms with Crippen molar-refractivity contribution in [2.75, 3.05) is 17.3 Å². The molecule has 6 bridgehead atoms. The summed E-state index contributed by atoms with van der Waals surface area (Å²) < 4.78 is 0. The molecule has 1 aliphatic heterocycles. The van der Waals surface area contributed by atoms with Gasteiger partial charge in [-0.3, -0.25) is 4.98 Å². The van der Waals surface area contributed by atoms with E-state index in [0.717, 1.165) is 30.0 Å². The first-order valence-corrected chi connectivity index (χ1v) is 7.65.